The second-order valence-corrected chi connectivity index (χ2v) is 3.01. The van der Waals surface area contributed by atoms with Crippen LogP contribution >= 0.6 is 0 Å². The third-order valence-corrected chi connectivity index (χ3v) is 2.12. The Labute approximate surface area is 79.9 Å². The first-order chi connectivity index (χ1) is 6.27. The van der Waals surface area contributed by atoms with Crippen molar-refractivity contribution >= 4 is 0 Å². The van der Waals surface area contributed by atoms with Crippen LogP contribution in [0.3, 0.4) is 0 Å². The van der Waals surface area contributed by atoms with Gasteiger partial charge in [-0.15, -0.1) is 0 Å². The fourth-order valence-electron chi connectivity index (χ4n) is 1.19. The smallest absolute Gasteiger partial charge is 0.119 e. The highest BCUT2D eigenvalue weighted by Crippen LogP contribution is 2.16. The molecule has 2 nitrogen and oxygen atoms in total. The van der Waals surface area contributed by atoms with Crippen LogP contribution in [0.4, 0.5) is 0 Å². The Bertz CT molecular complexity index is 243. The fourth-order valence-corrected chi connectivity index (χ4v) is 1.19. The summed E-state index contributed by atoms with van der Waals surface area (Å²) in [6.45, 7) is 4.85. The standard InChI is InChI=1S/C11H17NO/c1-4-13-11-7-5-10(6-8-11)9(2)12-3/h5-9,12H,4H2,1-3H3/t9-/m1/s1. The van der Waals surface area contributed by atoms with Gasteiger partial charge in [0.25, 0.3) is 0 Å². The maximum atomic E-state index is 5.35. The van der Waals surface area contributed by atoms with E-state index >= 15 is 0 Å². The quantitative estimate of drug-likeness (QED) is 0.766. The van der Waals surface area contributed by atoms with Crippen molar-refractivity contribution in [3.63, 3.8) is 0 Å². The van der Waals surface area contributed by atoms with Crippen molar-refractivity contribution in [3.05, 3.63) is 29.8 Å². The molecule has 0 saturated heterocycles. The van der Waals surface area contributed by atoms with Gasteiger partial charge in [-0.25, -0.2) is 0 Å². The largest absolute Gasteiger partial charge is 0.494 e. The second kappa shape index (κ2) is 4.87. The Hall–Kier alpha value is -1.02. The minimum absolute atomic E-state index is 0.399. The van der Waals surface area contributed by atoms with E-state index in [2.05, 4.69) is 24.4 Å². The Morgan fingerprint density at radius 3 is 2.38 bits per heavy atom. The summed E-state index contributed by atoms with van der Waals surface area (Å²) in [7, 11) is 1.96. The van der Waals surface area contributed by atoms with Gasteiger partial charge in [-0.1, -0.05) is 12.1 Å². The zero-order valence-corrected chi connectivity index (χ0v) is 8.50. The van der Waals surface area contributed by atoms with E-state index in [1.54, 1.807) is 0 Å². The van der Waals surface area contributed by atoms with Crippen molar-refractivity contribution in [2.45, 2.75) is 19.9 Å². The number of nitrogens with one attached hydrogen (secondary N) is 1. The van der Waals surface area contributed by atoms with Crippen LogP contribution in [0.15, 0.2) is 24.3 Å². The van der Waals surface area contributed by atoms with E-state index in [0.717, 1.165) is 12.4 Å². The third-order valence-electron chi connectivity index (χ3n) is 2.12. The first-order valence-corrected chi connectivity index (χ1v) is 4.68. The summed E-state index contributed by atoms with van der Waals surface area (Å²) in [5.74, 6) is 0.939. The van der Waals surface area contributed by atoms with Gasteiger partial charge in [0.05, 0.1) is 6.61 Å². The molecule has 72 valence electrons. The molecule has 0 radical (unpaired) electrons. The molecular weight excluding hydrogens is 162 g/mol. The predicted octanol–water partition coefficient (Wildman–Crippen LogP) is 2.37. The normalized spacial score (nSPS) is 12.5. The summed E-state index contributed by atoms with van der Waals surface area (Å²) in [5.41, 5.74) is 1.28. The number of hydrogen-bond acceptors (Lipinski definition) is 2. The minimum Gasteiger partial charge on any atom is -0.494 e. The number of rotatable bonds is 4. The lowest BCUT2D eigenvalue weighted by Crippen LogP contribution is -2.11. The van der Waals surface area contributed by atoms with Crippen LogP contribution in [0.1, 0.15) is 25.5 Å². The van der Waals surface area contributed by atoms with Gasteiger partial charge in [0.2, 0.25) is 0 Å². The first-order valence-electron chi connectivity index (χ1n) is 4.68. The van der Waals surface area contributed by atoms with Gasteiger partial charge < -0.3 is 10.1 Å². The molecule has 0 aliphatic heterocycles. The Kier molecular flexibility index (Phi) is 3.77. The molecule has 2 heteroatoms. The molecule has 1 rings (SSSR count). The van der Waals surface area contributed by atoms with E-state index in [1.807, 2.05) is 26.1 Å². The Morgan fingerprint density at radius 2 is 1.92 bits per heavy atom. The van der Waals surface area contributed by atoms with E-state index in [0.29, 0.717) is 6.04 Å². The van der Waals surface area contributed by atoms with Crippen LogP contribution in [-0.4, -0.2) is 13.7 Å². The molecule has 0 aliphatic carbocycles. The summed E-state index contributed by atoms with van der Waals surface area (Å²) in [4.78, 5) is 0. The van der Waals surface area contributed by atoms with E-state index in [-0.39, 0.29) is 0 Å². The van der Waals surface area contributed by atoms with Gasteiger partial charge in [-0.2, -0.15) is 0 Å². The molecule has 0 fully saturated rings. The molecule has 1 atom stereocenters. The Morgan fingerprint density at radius 1 is 1.31 bits per heavy atom. The van der Waals surface area contributed by atoms with Crippen LogP contribution in [0.25, 0.3) is 0 Å². The summed E-state index contributed by atoms with van der Waals surface area (Å²) < 4.78 is 5.35. The van der Waals surface area contributed by atoms with Gasteiger partial charge in [-0.3, -0.25) is 0 Å². The van der Waals surface area contributed by atoms with Crippen molar-refractivity contribution in [2.75, 3.05) is 13.7 Å². The molecule has 1 aromatic carbocycles. The first kappa shape index (κ1) is 10.1. The highest BCUT2D eigenvalue weighted by atomic mass is 16.5. The monoisotopic (exact) mass is 179 g/mol. The van der Waals surface area contributed by atoms with Crippen molar-refractivity contribution < 1.29 is 4.74 Å². The zero-order valence-electron chi connectivity index (χ0n) is 8.50. The number of benzene rings is 1. The van der Waals surface area contributed by atoms with Crippen molar-refractivity contribution in [2.24, 2.45) is 0 Å². The van der Waals surface area contributed by atoms with Crippen molar-refractivity contribution in [3.8, 4) is 5.75 Å². The summed E-state index contributed by atoms with van der Waals surface area (Å²) in [5, 5.41) is 3.19. The minimum atomic E-state index is 0.399. The highest BCUT2D eigenvalue weighted by Gasteiger charge is 2.01. The van der Waals surface area contributed by atoms with Crippen LogP contribution in [-0.2, 0) is 0 Å². The molecule has 0 spiro atoms. The van der Waals surface area contributed by atoms with Crippen molar-refractivity contribution in [1.82, 2.24) is 5.32 Å². The van der Waals surface area contributed by atoms with Crippen LogP contribution in [0, 0.1) is 0 Å². The van der Waals surface area contributed by atoms with Crippen LogP contribution in [0.2, 0.25) is 0 Å². The number of hydrogen-bond donors (Lipinski definition) is 1. The molecule has 0 saturated carbocycles. The average molecular weight is 179 g/mol. The van der Waals surface area contributed by atoms with E-state index in [4.69, 9.17) is 4.74 Å². The van der Waals surface area contributed by atoms with Gasteiger partial charge in [0.1, 0.15) is 5.75 Å². The summed E-state index contributed by atoms with van der Waals surface area (Å²) >= 11 is 0. The molecule has 0 aromatic heterocycles. The van der Waals surface area contributed by atoms with E-state index < -0.39 is 0 Å². The molecule has 0 aliphatic rings. The Balaban J connectivity index is 2.69. The summed E-state index contributed by atoms with van der Waals surface area (Å²) in [6.07, 6.45) is 0. The van der Waals surface area contributed by atoms with Gasteiger partial charge >= 0.3 is 0 Å². The van der Waals surface area contributed by atoms with Crippen LogP contribution in [0.5, 0.6) is 5.75 Å². The topological polar surface area (TPSA) is 21.3 Å². The predicted molar refractivity (Wildman–Crippen MR) is 55.1 cm³/mol. The molecular formula is C11H17NO. The SMILES string of the molecule is CCOc1ccc([C@@H](C)NC)cc1. The molecule has 1 aromatic rings. The molecule has 0 unspecified atom stereocenters. The molecule has 0 amide bonds. The molecule has 0 bridgehead atoms. The fraction of sp³-hybridized carbons (Fsp3) is 0.455. The number of ether oxygens (including phenoxy) is 1. The second-order valence-electron chi connectivity index (χ2n) is 3.01. The summed E-state index contributed by atoms with van der Waals surface area (Å²) in [6, 6.07) is 8.59. The third kappa shape index (κ3) is 2.74. The van der Waals surface area contributed by atoms with Gasteiger partial charge in [0, 0.05) is 6.04 Å². The maximum Gasteiger partial charge on any atom is 0.119 e. The average Bonchev–Trinajstić information content (AvgIpc) is 2.18. The van der Waals surface area contributed by atoms with E-state index in [1.165, 1.54) is 5.56 Å². The molecule has 13 heavy (non-hydrogen) atoms. The molecule has 1 N–H and O–H groups in total. The maximum absolute atomic E-state index is 5.35. The van der Waals surface area contributed by atoms with Gasteiger partial charge in [0.15, 0.2) is 0 Å². The van der Waals surface area contributed by atoms with Crippen LogP contribution < -0.4 is 10.1 Å². The van der Waals surface area contributed by atoms with Gasteiger partial charge in [-0.05, 0) is 38.6 Å². The lowest BCUT2D eigenvalue weighted by atomic mass is 10.1. The molecule has 0 heterocycles. The van der Waals surface area contributed by atoms with E-state index in [9.17, 15) is 0 Å². The lowest BCUT2D eigenvalue weighted by Gasteiger charge is -2.11. The highest BCUT2D eigenvalue weighted by molar-refractivity contribution is 5.28. The van der Waals surface area contributed by atoms with Crippen molar-refractivity contribution in [1.29, 1.82) is 0 Å². The lowest BCUT2D eigenvalue weighted by molar-refractivity contribution is 0.340. The zero-order chi connectivity index (χ0) is 9.68.